The lowest BCUT2D eigenvalue weighted by Crippen LogP contribution is -2.42. The lowest BCUT2D eigenvalue weighted by Gasteiger charge is -2.38. The molecular weight excluding hydrogens is 277 g/mol. The quantitative estimate of drug-likeness (QED) is 0.821. The number of rotatable bonds is 2. The van der Waals surface area contributed by atoms with E-state index in [0.717, 1.165) is 12.0 Å². The summed E-state index contributed by atoms with van der Waals surface area (Å²) in [6.45, 7) is 4.41. The van der Waals surface area contributed by atoms with E-state index < -0.39 is 0 Å². The van der Waals surface area contributed by atoms with Gasteiger partial charge in [-0.2, -0.15) is 0 Å². The van der Waals surface area contributed by atoms with Crippen LogP contribution in [0.15, 0.2) is 48.5 Å². The van der Waals surface area contributed by atoms with Gasteiger partial charge in [0.15, 0.2) is 0 Å². The van der Waals surface area contributed by atoms with Gasteiger partial charge in [-0.1, -0.05) is 56.3 Å². The second kappa shape index (κ2) is 5.91. The maximum atomic E-state index is 14.4. The summed E-state index contributed by atoms with van der Waals surface area (Å²) in [5.74, 6) is -0.284. The molecule has 1 amide bonds. The topological polar surface area (TPSA) is 20.3 Å². The molecule has 1 atom stereocenters. The average molecular weight is 297 g/mol. The van der Waals surface area contributed by atoms with Crippen LogP contribution in [-0.2, 0) is 11.2 Å². The van der Waals surface area contributed by atoms with Crippen molar-refractivity contribution in [1.29, 1.82) is 0 Å². The van der Waals surface area contributed by atoms with Gasteiger partial charge < -0.3 is 4.90 Å². The molecule has 0 bridgehead atoms. The van der Waals surface area contributed by atoms with E-state index in [1.54, 1.807) is 12.1 Å². The summed E-state index contributed by atoms with van der Waals surface area (Å²) in [5, 5.41) is 0. The van der Waals surface area contributed by atoms with Crippen LogP contribution >= 0.6 is 0 Å². The van der Waals surface area contributed by atoms with E-state index in [1.807, 2.05) is 43.0 Å². The van der Waals surface area contributed by atoms with Gasteiger partial charge >= 0.3 is 0 Å². The Kier molecular flexibility index (Phi) is 3.97. The molecule has 0 saturated carbocycles. The predicted octanol–water partition coefficient (Wildman–Crippen LogP) is 3.96. The first kappa shape index (κ1) is 14.8. The normalized spacial score (nSPS) is 17.5. The molecule has 0 aliphatic carbocycles. The highest BCUT2D eigenvalue weighted by molar-refractivity contribution is 5.79. The Morgan fingerprint density at radius 2 is 1.73 bits per heavy atom. The maximum Gasteiger partial charge on any atom is 0.225 e. The molecule has 0 fully saturated rings. The highest BCUT2D eigenvalue weighted by Gasteiger charge is 2.34. The number of amides is 1. The molecule has 0 radical (unpaired) electrons. The molecule has 2 aromatic carbocycles. The lowest BCUT2D eigenvalue weighted by atomic mass is 9.87. The summed E-state index contributed by atoms with van der Waals surface area (Å²) in [7, 11) is 0. The van der Waals surface area contributed by atoms with E-state index in [0.29, 0.717) is 12.1 Å². The summed E-state index contributed by atoms with van der Waals surface area (Å²) in [6, 6.07) is 14.4. The van der Waals surface area contributed by atoms with E-state index in [1.165, 1.54) is 11.6 Å². The van der Waals surface area contributed by atoms with Crippen LogP contribution in [0.4, 0.5) is 4.39 Å². The van der Waals surface area contributed by atoms with Crippen LogP contribution in [-0.4, -0.2) is 17.4 Å². The second-order valence-electron chi connectivity index (χ2n) is 6.06. The molecule has 0 spiro atoms. The van der Waals surface area contributed by atoms with Crippen LogP contribution in [0.5, 0.6) is 0 Å². The van der Waals surface area contributed by atoms with Gasteiger partial charge in [-0.25, -0.2) is 4.39 Å². The number of fused-ring (bicyclic) bond motifs is 1. The van der Waals surface area contributed by atoms with E-state index >= 15 is 0 Å². The Bertz CT molecular complexity index is 695. The Labute approximate surface area is 130 Å². The number of halogens is 1. The minimum Gasteiger partial charge on any atom is -0.331 e. The molecule has 3 rings (SSSR count). The number of carbonyl (C=O) groups is 1. The van der Waals surface area contributed by atoms with Gasteiger partial charge in [0, 0.05) is 18.0 Å². The molecule has 1 heterocycles. The summed E-state index contributed by atoms with van der Waals surface area (Å²) >= 11 is 0. The molecule has 114 valence electrons. The minimum atomic E-state index is -0.332. The molecular formula is C19H20FNO. The van der Waals surface area contributed by atoms with Crippen molar-refractivity contribution in [1.82, 2.24) is 4.90 Å². The number of hydrogen-bond acceptors (Lipinski definition) is 1. The second-order valence-corrected chi connectivity index (χ2v) is 6.06. The van der Waals surface area contributed by atoms with Gasteiger partial charge in [-0.15, -0.1) is 0 Å². The first-order chi connectivity index (χ1) is 10.6. The van der Waals surface area contributed by atoms with Crippen LogP contribution in [0, 0.1) is 11.7 Å². The monoisotopic (exact) mass is 297 g/mol. The highest BCUT2D eigenvalue weighted by atomic mass is 19.1. The fraction of sp³-hybridized carbons (Fsp3) is 0.316. The van der Waals surface area contributed by atoms with E-state index in [-0.39, 0.29) is 23.7 Å². The molecule has 1 aliphatic rings. The van der Waals surface area contributed by atoms with Gasteiger partial charge in [0.2, 0.25) is 5.91 Å². The molecule has 1 unspecified atom stereocenters. The fourth-order valence-corrected chi connectivity index (χ4v) is 3.17. The first-order valence-corrected chi connectivity index (χ1v) is 7.72. The van der Waals surface area contributed by atoms with Crippen LogP contribution in [0.3, 0.4) is 0 Å². The molecule has 2 nitrogen and oxygen atoms in total. The van der Waals surface area contributed by atoms with Crippen molar-refractivity contribution in [2.75, 3.05) is 6.54 Å². The van der Waals surface area contributed by atoms with Gasteiger partial charge in [0.05, 0.1) is 6.04 Å². The summed E-state index contributed by atoms with van der Waals surface area (Å²) in [6.07, 6.45) is 0.819. The van der Waals surface area contributed by atoms with Crippen molar-refractivity contribution >= 4 is 5.91 Å². The van der Waals surface area contributed by atoms with Crippen LogP contribution in [0.25, 0.3) is 0 Å². The summed E-state index contributed by atoms with van der Waals surface area (Å²) < 4.78 is 14.4. The van der Waals surface area contributed by atoms with E-state index in [2.05, 4.69) is 6.07 Å². The van der Waals surface area contributed by atoms with Gasteiger partial charge in [-0.05, 0) is 23.6 Å². The third kappa shape index (κ3) is 2.52. The van der Waals surface area contributed by atoms with Crippen molar-refractivity contribution in [2.24, 2.45) is 5.92 Å². The predicted molar refractivity (Wildman–Crippen MR) is 84.9 cm³/mol. The van der Waals surface area contributed by atoms with Gasteiger partial charge in [0.1, 0.15) is 5.82 Å². The zero-order valence-electron chi connectivity index (χ0n) is 12.9. The zero-order chi connectivity index (χ0) is 15.7. The molecule has 0 aromatic heterocycles. The largest absolute Gasteiger partial charge is 0.331 e. The number of nitrogens with zero attached hydrogens (tertiary/aromatic N) is 1. The lowest BCUT2D eigenvalue weighted by molar-refractivity contribution is -0.136. The van der Waals surface area contributed by atoms with Crippen LogP contribution in [0.1, 0.15) is 36.6 Å². The molecule has 0 N–H and O–H groups in total. The Hall–Kier alpha value is -2.16. The van der Waals surface area contributed by atoms with Crippen molar-refractivity contribution in [3.05, 3.63) is 71.0 Å². The van der Waals surface area contributed by atoms with Crippen molar-refractivity contribution in [3.8, 4) is 0 Å². The SMILES string of the molecule is CC(C)C(=O)N1CCc2ccccc2C1c1ccccc1F. The van der Waals surface area contributed by atoms with Crippen molar-refractivity contribution < 1.29 is 9.18 Å². The van der Waals surface area contributed by atoms with Crippen molar-refractivity contribution in [3.63, 3.8) is 0 Å². The molecule has 1 aliphatic heterocycles. The zero-order valence-corrected chi connectivity index (χ0v) is 12.9. The number of benzene rings is 2. The molecule has 2 aromatic rings. The highest BCUT2D eigenvalue weighted by Crippen LogP contribution is 2.36. The number of carbonyl (C=O) groups excluding carboxylic acids is 1. The molecule has 22 heavy (non-hydrogen) atoms. The maximum absolute atomic E-state index is 14.4. The van der Waals surface area contributed by atoms with Gasteiger partial charge in [0.25, 0.3) is 0 Å². The summed E-state index contributed by atoms with van der Waals surface area (Å²) in [4.78, 5) is 14.4. The average Bonchev–Trinajstić information content (AvgIpc) is 2.53. The standard InChI is InChI=1S/C19H20FNO/c1-13(2)19(22)21-12-11-14-7-3-4-8-15(14)18(21)16-9-5-6-10-17(16)20/h3-10,13,18H,11-12H2,1-2H3. The fourth-order valence-electron chi connectivity index (χ4n) is 3.17. The van der Waals surface area contributed by atoms with Crippen molar-refractivity contribution in [2.45, 2.75) is 26.3 Å². The van der Waals surface area contributed by atoms with E-state index in [9.17, 15) is 9.18 Å². The van der Waals surface area contributed by atoms with E-state index in [4.69, 9.17) is 0 Å². The van der Waals surface area contributed by atoms with Crippen LogP contribution < -0.4 is 0 Å². The third-order valence-electron chi connectivity index (χ3n) is 4.26. The summed E-state index contributed by atoms with van der Waals surface area (Å²) in [5.41, 5.74) is 2.81. The third-order valence-corrected chi connectivity index (χ3v) is 4.26. The Morgan fingerprint density at radius 3 is 2.41 bits per heavy atom. The van der Waals surface area contributed by atoms with Crippen LogP contribution in [0.2, 0.25) is 0 Å². The Morgan fingerprint density at radius 1 is 1.09 bits per heavy atom. The molecule has 0 saturated heterocycles. The smallest absolute Gasteiger partial charge is 0.225 e. The minimum absolute atomic E-state index is 0.0720. The molecule has 3 heteroatoms. The Balaban J connectivity index is 2.14. The number of hydrogen-bond donors (Lipinski definition) is 0. The van der Waals surface area contributed by atoms with Gasteiger partial charge in [-0.3, -0.25) is 4.79 Å². The first-order valence-electron chi connectivity index (χ1n) is 7.72.